The molecule has 1 aliphatic rings. The molecule has 2 aromatic carbocycles. The van der Waals surface area contributed by atoms with E-state index >= 15 is 0 Å². The zero-order valence-corrected chi connectivity index (χ0v) is 19.0. The molecular weight excluding hydrogens is 402 g/mol. The Kier molecular flexibility index (Phi) is 8.86. The third kappa shape index (κ3) is 6.92. The summed E-state index contributed by atoms with van der Waals surface area (Å²) in [4.78, 5) is 25.3. The number of rotatable bonds is 12. The van der Waals surface area contributed by atoms with E-state index in [0.717, 1.165) is 37.7 Å². The van der Waals surface area contributed by atoms with Crippen molar-refractivity contribution in [3.05, 3.63) is 71.3 Å². The van der Waals surface area contributed by atoms with Gasteiger partial charge in [0.15, 0.2) is 0 Å². The zero-order chi connectivity index (χ0) is 22.9. The summed E-state index contributed by atoms with van der Waals surface area (Å²) in [6, 6.07) is 17.5. The van der Waals surface area contributed by atoms with E-state index in [1.165, 1.54) is 5.56 Å². The molecule has 2 aromatic rings. The van der Waals surface area contributed by atoms with Crippen LogP contribution in [0.15, 0.2) is 54.6 Å². The molecule has 3 rings (SSSR count). The van der Waals surface area contributed by atoms with E-state index in [2.05, 4.69) is 31.2 Å². The highest BCUT2D eigenvalue weighted by Crippen LogP contribution is 2.26. The quantitative estimate of drug-likeness (QED) is 0.504. The number of carbonyl (C=O) groups is 2. The highest BCUT2D eigenvalue weighted by molar-refractivity contribution is 5.87. The van der Waals surface area contributed by atoms with Crippen molar-refractivity contribution < 1.29 is 19.8 Å². The van der Waals surface area contributed by atoms with Crippen LogP contribution in [-0.4, -0.2) is 45.7 Å². The summed E-state index contributed by atoms with van der Waals surface area (Å²) in [5.74, 6) is -0.501. The minimum Gasteiger partial charge on any atom is -0.478 e. The van der Waals surface area contributed by atoms with Gasteiger partial charge < -0.3 is 15.1 Å². The van der Waals surface area contributed by atoms with Gasteiger partial charge in [-0.1, -0.05) is 49.4 Å². The van der Waals surface area contributed by atoms with Gasteiger partial charge in [-0.2, -0.15) is 0 Å². The van der Waals surface area contributed by atoms with Gasteiger partial charge >= 0.3 is 5.97 Å². The van der Waals surface area contributed by atoms with Crippen LogP contribution in [0.3, 0.4) is 0 Å². The molecule has 1 heterocycles. The predicted molar refractivity (Wildman–Crippen MR) is 126 cm³/mol. The Morgan fingerprint density at radius 3 is 2.41 bits per heavy atom. The van der Waals surface area contributed by atoms with Crippen molar-refractivity contribution in [3.63, 3.8) is 0 Å². The minimum atomic E-state index is -0.931. The molecule has 172 valence electrons. The Balaban J connectivity index is 1.41. The first-order chi connectivity index (χ1) is 15.4. The average molecular weight is 438 g/mol. The summed E-state index contributed by atoms with van der Waals surface area (Å²) >= 11 is 0. The number of aliphatic hydroxyl groups excluding tert-OH is 1. The molecule has 1 amide bonds. The SMILES string of the molecule is C[C@@H](CCCc1ccccc1)[C@H](O)CC[C@H]1CCC(=O)N1CCc1ccc(C(=O)O)cc1. The van der Waals surface area contributed by atoms with Crippen LogP contribution in [0.1, 0.15) is 66.9 Å². The van der Waals surface area contributed by atoms with Crippen LogP contribution in [0.4, 0.5) is 0 Å². The molecule has 1 aliphatic heterocycles. The van der Waals surface area contributed by atoms with Gasteiger partial charge in [-0.3, -0.25) is 4.79 Å². The Morgan fingerprint density at radius 1 is 1.03 bits per heavy atom. The summed E-state index contributed by atoms with van der Waals surface area (Å²) in [5, 5.41) is 19.7. The highest BCUT2D eigenvalue weighted by Gasteiger charge is 2.31. The molecule has 2 N–H and O–H groups in total. The molecule has 0 aliphatic carbocycles. The molecule has 0 bridgehead atoms. The Labute approximate surface area is 191 Å². The molecule has 0 spiro atoms. The van der Waals surface area contributed by atoms with Crippen LogP contribution in [-0.2, 0) is 17.6 Å². The first-order valence-electron chi connectivity index (χ1n) is 11.8. The van der Waals surface area contributed by atoms with Crippen molar-refractivity contribution >= 4 is 11.9 Å². The molecular formula is C27H35NO4. The summed E-state index contributed by atoms with van der Waals surface area (Å²) in [7, 11) is 0. The van der Waals surface area contributed by atoms with Crippen molar-refractivity contribution in [3.8, 4) is 0 Å². The average Bonchev–Trinajstić information content (AvgIpc) is 3.16. The molecule has 3 atom stereocenters. The van der Waals surface area contributed by atoms with E-state index in [0.29, 0.717) is 25.8 Å². The monoisotopic (exact) mass is 437 g/mol. The summed E-state index contributed by atoms with van der Waals surface area (Å²) in [5.41, 5.74) is 2.64. The number of aryl methyl sites for hydroxylation is 1. The first-order valence-corrected chi connectivity index (χ1v) is 11.8. The van der Waals surface area contributed by atoms with Gasteiger partial charge in [0.05, 0.1) is 11.7 Å². The molecule has 32 heavy (non-hydrogen) atoms. The second-order valence-corrected chi connectivity index (χ2v) is 9.03. The molecule has 5 nitrogen and oxygen atoms in total. The van der Waals surface area contributed by atoms with Crippen LogP contribution in [0, 0.1) is 5.92 Å². The number of aromatic carboxylic acids is 1. The molecule has 1 saturated heterocycles. The lowest BCUT2D eigenvalue weighted by Crippen LogP contribution is -2.35. The third-order valence-electron chi connectivity index (χ3n) is 6.72. The summed E-state index contributed by atoms with van der Waals surface area (Å²) in [6.45, 7) is 2.76. The maximum atomic E-state index is 12.4. The molecule has 1 fully saturated rings. The number of hydrogen-bond acceptors (Lipinski definition) is 3. The number of aliphatic hydroxyl groups is 1. The van der Waals surface area contributed by atoms with Gasteiger partial charge in [0.1, 0.15) is 0 Å². The number of carboxylic acids is 1. The van der Waals surface area contributed by atoms with Gasteiger partial charge in [-0.25, -0.2) is 4.79 Å². The lowest BCUT2D eigenvalue weighted by Gasteiger charge is -2.27. The smallest absolute Gasteiger partial charge is 0.335 e. The predicted octanol–water partition coefficient (Wildman–Crippen LogP) is 4.72. The topological polar surface area (TPSA) is 77.8 Å². The lowest BCUT2D eigenvalue weighted by molar-refractivity contribution is -0.129. The number of benzene rings is 2. The number of hydrogen-bond donors (Lipinski definition) is 2. The fourth-order valence-corrected chi connectivity index (χ4v) is 4.58. The van der Waals surface area contributed by atoms with Gasteiger partial charge in [0, 0.05) is 19.0 Å². The van der Waals surface area contributed by atoms with Crippen molar-refractivity contribution in [2.75, 3.05) is 6.54 Å². The van der Waals surface area contributed by atoms with E-state index in [9.17, 15) is 14.7 Å². The zero-order valence-electron chi connectivity index (χ0n) is 19.0. The fraction of sp³-hybridized carbons (Fsp3) is 0.481. The van der Waals surface area contributed by atoms with Gasteiger partial charge in [0.25, 0.3) is 0 Å². The van der Waals surface area contributed by atoms with Crippen LogP contribution in [0.5, 0.6) is 0 Å². The minimum absolute atomic E-state index is 0.183. The Morgan fingerprint density at radius 2 is 1.72 bits per heavy atom. The number of carbonyl (C=O) groups excluding carboxylic acids is 1. The van der Waals surface area contributed by atoms with Crippen molar-refractivity contribution in [2.45, 2.75) is 70.4 Å². The van der Waals surface area contributed by atoms with Crippen molar-refractivity contribution in [1.29, 1.82) is 0 Å². The lowest BCUT2D eigenvalue weighted by atomic mass is 9.92. The normalized spacial score (nSPS) is 18.0. The molecule has 0 unspecified atom stereocenters. The van der Waals surface area contributed by atoms with E-state index < -0.39 is 5.97 Å². The fourth-order valence-electron chi connectivity index (χ4n) is 4.58. The van der Waals surface area contributed by atoms with E-state index in [1.54, 1.807) is 12.1 Å². The van der Waals surface area contributed by atoms with Gasteiger partial charge in [-0.05, 0) is 74.1 Å². The molecule has 5 heteroatoms. The van der Waals surface area contributed by atoms with Gasteiger partial charge in [0.2, 0.25) is 5.91 Å². The van der Waals surface area contributed by atoms with Crippen molar-refractivity contribution in [2.24, 2.45) is 5.92 Å². The number of amides is 1. The maximum absolute atomic E-state index is 12.4. The number of carboxylic acid groups (broad SMARTS) is 1. The number of nitrogens with zero attached hydrogens (tertiary/aromatic N) is 1. The molecule has 0 aromatic heterocycles. The standard InChI is InChI=1S/C27H35NO4/c1-20(6-5-9-21-7-3-2-4-8-21)25(29)16-14-24-15-17-26(30)28(24)19-18-22-10-12-23(13-11-22)27(31)32/h2-4,7-8,10-13,20,24-25,29H,5-6,9,14-19H2,1H3,(H,31,32)/t20-,24-,25+/m0/s1. The van der Waals surface area contributed by atoms with Crippen LogP contribution >= 0.6 is 0 Å². The third-order valence-corrected chi connectivity index (χ3v) is 6.72. The Hall–Kier alpha value is -2.66. The first kappa shape index (κ1) is 24.0. The maximum Gasteiger partial charge on any atom is 0.335 e. The largest absolute Gasteiger partial charge is 0.478 e. The highest BCUT2D eigenvalue weighted by atomic mass is 16.4. The van der Waals surface area contributed by atoms with Crippen molar-refractivity contribution in [1.82, 2.24) is 4.90 Å². The van der Waals surface area contributed by atoms with E-state index in [1.807, 2.05) is 23.1 Å². The van der Waals surface area contributed by atoms with Gasteiger partial charge in [-0.15, -0.1) is 0 Å². The van der Waals surface area contributed by atoms with Crippen LogP contribution in [0.25, 0.3) is 0 Å². The second-order valence-electron chi connectivity index (χ2n) is 9.03. The van der Waals surface area contributed by atoms with Crippen LogP contribution in [0.2, 0.25) is 0 Å². The molecule has 0 radical (unpaired) electrons. The van der Waals surface area contributed by atoms with E-state index in [4.69, 9.17) is 5.11 Å². The second kappa shape index (κ2) is 11.8. The Bertz CT molecular complexity index is 865. The van der Waals surface area contributed by atoms with Crippen LogP contribution < -0.4 is 0 Å². The number of likely N-dealkylation sites (tertiary alicyclic amines) is 1. The summed E-state index contributed by atoms with van der Waals surface area (Å²) in [6.07, 6.45) is 6.44. The molecule has 0 saturated carbocycles. The summed E-state index contributed by atoms with van der Waals surface area (Å²) < 4.78 is 0. The van der Waals surface area contributed by atoms with E-state index in [-0.39, 0.29) is 29.5 Å².